The van der Waals surface area contributed by atoms with Crippen LogP contribution in [0.5, 0.6) is 0 Å². The summed E-state index contributed by atoms with van der Waals surface area (Å²) in [5.41, 5.74) is 4.20. The Balaban J connectivity index is 1.90. The molecule has 0 atom stereocenters. The molecule has 6 heteroatoms. The highest BCUT2D eigenvalue weighted by atomic mass is 16.6. The van der Waals surface area contributed by atoms with Crippen LogP contribution >= 0.6 is 0 Å². The van der Waals surface area contributed by atoms with Crippen molar-refractivity contribution in [3.63, 3.8) is 0 Å². The molecule has 3 aromatic rings. The number of aromatic nitrogens is 2. The molecular weight excluding hydrogens is 316 g/mol. The molecule has 0 spiro atoms. The summed E-state index contributed by atoms with van der Waals surface area (Å²) in [5, 5.41) is 15.7. The van der Waals surface area contributed by atoms with Crippen molar-refractivity contribution in [2.45, 2.75) is 20.4 Å². The molecule has 126 valence electrons. The first-order chi connectivity index (χ1) is 12.1. The Morgan fingerprint density at radius 1 is 1.12 bits per heavy atom. The van der Waals surface area contributed by atoms with Gasteiger partial charge >= 0.3 is 0 Å². The summed E-state index contributed by atoms with van der Waals surface area (Å²) in [6, 6.07) is 16.5. The quantitative estimate of drug-likeness (QED) is 0.398. The number of hydrogen-bond donors (Lipinski definition) is 0. The average Bonchev–Trinajstić information content (AvgIpc) is 2.88. The van der Waals surface area contributed by atoms with Gasteiger partial charge in [0.15, 0.2) is 0 Å². The van der Waals surface area contributed by atoms with Crippen LogP contribution in [0.15, 0.2) is 59.6 Å². The molecule has 0 aliphatic heterocycles. The minimum atomic E-state index is -0.366. The van der Waals surface area contributed by atoms with Crippen LogP contribution in [0.4, 0.5) is 11.4 Å². The highest BCUT2D eigenvalue weighted by Gasteiger charge is 2.16. The van der Waals surface area contributed by atoms with Crippen molar-refractivity contribution < 1.29 is 4.92 Å². The third kappa shape index (κ3) is 3.63. The lowest BCUT2D eigenvalue weighted by Crippen LogP contribution is -2.06. The Bertz CT molecular complexity index is 930. The molecule has 0 bridgehead atoms. The third-order valence-electron chi connectivity index (χ3n) is 3.99. The molecule has 0 amide bonds. The van der Waals surface area contributed by atoms with Gasteiger partial charge < -0.3 is 0 Å². The van der Waals surface area contributed by atoms with E-state index in [0.29, 0.717) is 12.1 Å². The number of benzene rings is 2. The normalized spacial score (nSPS) is 11.1. The number of aliphatic imine (C=N–C) groups is 1. The number of para-hydroxylation sites is 1. The van der Waals surface area contributed by atoms with Gasteiger partial charge in [-0.15, -0.1) is 0 Å². The van der Waals surface area contributed by atoms with Gasteiger partial charge in [0.25, 0.3) is 5.69 Å². The predicted molar refractivity (Wildman–Crippen MR) is 97.6 cm³/mol. The topological polar surface area (TPSA) is 73.3 Å². The van der Waals surface area contributed by atoms with Gasteiger partial charge in [0.2, 0.25) is 0 Å². The maximum absolute atomic E-state index is 11.2. The van der Waals surface area contributed by atoms with Crippen molar-refractivity contribution in [2.75, 3.05) is 0 Å². The van der Waals surface area contributed by atoms with Crippen LogP contribution in [0.2, 0.25) is 0 Å². The minimum absolute atomic E-state index is 0.101. The Labute approximate surface area is 145 Å². The number of hydrogen-bond acceptors (Lipinski definition) is 4. The van der Waals surface area contributed by atoms with E-state index >= 15 is 0 Å². The second kappa shape index (κ2) is 7.09. The Morgan fingerprint density at radius 2 is 1.80 bits per heavy atom. The monoisotopic (exact) mass is 334 g/mol. The Hall–Kier alpha value is -3.28. The van der Waals surface area contributed by atoms with Crippen molar-refractivity contribution >= 4 is 17.6 Å². The standard InChI is InChI=1S/C19H18N4O2/c1-14-19(20-12-16-8-4-3-5-9-16)15(2)22(21-14)13-17-10-6-7-11-18(17)23(24)25/h3-12H,13H2,1-2H3/b20-12+. The second-order valence-corrected chi connectivity index (χ2v) is 5.73. The van der Waals surface area contributed by atoms with Gasteiger partial charge in [-0.1, -0.05) is 48.5 Å². The largest absolute Gasteiger partial charge is 0.274 e. The van der Waals surface area contributed by atoms with Crippen molar-refractivity contribution in [2.24, 2.45) is 4.99 Å². The van der Waals surface area contributed by atoms with E-state index in [1.165, 1.54) is 6.07 Å². The van der Waals surface area contributed by atoms with Gasteiger partial charge in [-0.05, 0) is 19.4 Å². The first-order valence-electron chi connectivity index (χ1n) is 7.91. The van der Waals surface area contributed by atoms with Crippen LogP contribution in [-0.2, 0) is 6.54 Å². The highest BCUT2D eigenvalue weighted by Crippen LogP contribution is 2.25. The highest BCUT2D eigenvalue weighted by molar-refractivity contribution is 5.82. The summed E-state index contributed by atoms with van der Waals surface area (Å²) in [5.74, 6) is 0. The van der Waals surface area contributed by atoms with E-state index in [2.05, 4.69) is 10.1 Å². The molecule has 25 heavy (non-hydrogen) atoms. The molecule has 0 fully saturated rings. The fraction of sp³-hybridized carbons (Fsp3) is 0.158. The summed E-state index contributed by atoms with van der Waals surface area (Å²) < 4.78 is 1.76. The fourth-order valence-electron chi connectivity index (χ4n) is 2.69. The molecule has 3 rings (SSSR count). The number of nitrogens with zero attached hydrogens (tertiary/aromatic N) is 4. The van der Waals surface area contributed by atoms with Gasteiger partial charge in [-0.2, -0.15) is 5.10 Å². The van der Waals surface area contributed by atoms with Crippen LogP contribution in [0.25, 0.3) is 0 Å². The summed E-state index contributed by atoms with van der Waals surface area (Å²) >= 11 is 0. The molecule has 0 radical (unpaired) electrons. The molecule has 6 nitrogen and oxygen atoms in total. The Morgan fingerprint density at radius 3 is 2.52 bits per heavy atom. The lowest BCUT2D eigenvalue weighted by atomic mass is 10.2. The SMILES string of the molecule is Cc1nn(Cc2ccccc2[N+](=O)[O-])c(C)c1/N=C/c1ccccc1. The molecule has 1 heterocycles. The molecule has 0 saturated carbocycles. The molecule has 0 N–H and O–H groups in total. The number of aryl methyl sites for hydroxylation is 1. The van der Waals surface area contributed by atoms with Crippen LogP contribution in [-0.4, -0.2) is 20.9 Å². The van der Waals surface area contributed by atoms with E-state index in [-0.39, 0.29) is 10.6 Å². The summed E-state index contributed by atoms with van der Waals surface area (Å²) in [4.78, 5) is 15.4. The van der Waals surface area contributed by atoms with Gasteiger partial charge in [-0.25, -0.2) is 0 Å². The zero-order valence-corrected chi connectivity index (χ0v) is 14.1. The molecular formula is C19H18N4O2. The van der Waals surface area contributed by atoms with Crippen molar-refractivity contribution in [1.82, 2.24) is 9.78 Å². The number of nitro groups is 1. The van der Waals surface area contributed by atoms with Gasteiger partial charge in [-0.3, -0.25) is 19.8 Å². The van der Waals surface area contributed by atoms with E-state index in [1.54, 1.807) is 29.1 Å². The molecule has 1 aromatic heterocycles. The fourth-order valence-corrected chi connectivity index (χ4v) is 2.69. The minimum Gasteiger partial charge on any atom is -0.263 e. The average molecular weight is 334 g/mol. The van der Waals surface area contributed by atoms with Crippen molar-refractivity contribution in [1.29, 1.82) is 0 Å². The maximum atomic E-state index is 11.2. The molecule has 2 aromatic carbocycles. The van der Waals surface area contributed by atoms with Crippen LogP contribution in [0, 0.1) is 24.0 Å². The summed E-state index contributed by atoms with van der Waals surface area (Å²) in [7, 11) is 0. The summed E-state index contributed by atoms with van der Waals surface area (Å²) in [6.45, 7) is 4.15. The van der Waals surface area contributed by atoms with Crippen LogP contribution < -0.4 is 0 Å². The number of rotatable bonds is 5. The third-order valence-corrected chi connectivity index (χ3v) is 3.99. The first-order valence-corrected chi connectivity index (χ1v) is 7.91. The molecule has 0 aliphatic rings. The zero-order chi connectivity index (χ0) is 17.8. The van der Waals surface area contributed by atoms with Gasteiger partial charge in [0.05, 0.1) is 28.4 Å². The number of nitro benzene ring substituents is 1. The smallest absolute Gasteiger partial charge is 0.263 e. The van der Waals surface area contributed by atoms with Gasteiger partial charge in [0.1, 0.15) is 5.69 Å². The van der Waals surface area contributed by atoms with E-state index in [0.717, 1.165) is 22.6 Å². The van der Waals surface area contributed by atoms with Crippen LogP contribution in [0.1, 0.15) is 22.5 Å². The van der Waals surface area contributed by atoms with E-state index in [4.69, 9.17) is 0 Å². The lowest BCUT2D eigenvalue weighted by molar-refractivity contribution is -0.385. The Kier molecular flexibility index (Phi) is 4.70. The maximum Gasteiger partial charge on any atom is 0.274 e. The lowest BCUT2D eigenvalue weighted by Gasteiger charge is -2.05. The van der Waals surface area contributed by atoms with E-state index in [9.17, 15) is 10.1 Å². The first kappa shape index (κ1) is 16.6. The molecule has 0 saturated heterocycles. The zero-order valence-electron chi connectivity index (χ0n) is 14.1. The van der Waals surface area contributed by atoms with Gasteiger partial charge in [0, 0.05) is 12.3 Å². The summed E-state index contributed by atoms with van der Waals surface area (Å²) in [6.07, 6.45) is 1.80. The second-order valence-electron chi connectivity index (χ2n) is 5.73. The van der Waals surface area contributed by atoms with E-state index in [1.807, 2.05) is 44.2 Å². The predicted octanol–water partition coefficient (Wildman–Crippen LogP) is 4.21. The van der Waals surface area contributed by atoms with Crippen molar-refractivity contribution in [3.05, 3.63) is 87.2 Å². The molecule has 0 aliphatic carbocycles. The van der Waals surface area contributed by atoms with Crippen LogP contribution in [0.3, 0.4) is 0 Å². The van der Waals surface area contributed by atoms with E-state index < -0.39 is 0 Å². The molecule has 0 unspecified atom stereocenters. The van der Waals surface area contributed by atoms with Crippen molar-refractivity contribution in [3.8, 4) is 0 Å².